The van der Waals surface area contributed by atoms with Crippen LogP contribution >= 0.6 is 0 Å². The first-order valence-electron chi connectivity index (χ1n) is 6.02. The van der Waals surface area contributed by atoms with E-state index < -0.39 is 10.0 Å². The number of nitriles is 1. The summed E-state index contributed by atoms with van der Waals surface area (Å²) < 4.78 is 28.7. The number of benzene rings is 1. The standard InChI is InChI=1S/C13H14N4O2S/c1-11(10-17-8-4-7-15-17)16-20(18,19)13-6-3-2-5-12(13)9-14/h2-8,11,16H,10H2,1H3. The molecule has 1 aromatic carbocycles. The maximum Gasteiger partial charge on any atom is 0.242 e. The Bertz CT molecular complexity index is 717. The van der Waals surface area contributed by atoms with Crippen LogP contribution in [0.2, 0.25) is 0 Å². The summed E-state index contributed by atoms with van der Waals surface area (Å²) in [6.45, 7) is 2.16. The highest BCUT2D eigenvalue weighted by Crippen LogP contribution is 2.14. The molecule has 2 rings (SSSR count). The van der Waals surface area contributed by atoms with E-state index in [-0.39, 0.29) is 16.5 Å². The maximum atomic E-state index is 12.3. The van der Waals surface area contributed by atoms with Crippen molar-refractivity contribution in [3.05, 3.63) is 48.3 Å². The Morgan fingerprint density at radius 2 is 2.15 bits per heavy atom. The van der Waals surface area contributed by atoms with Crippen LogP contribution in [0.3, 0.4) is 0 Å². The predicted octanol–water partition coefficient (Wildman–Crippen LogP) is 1.12. The first-order chi connectivity index (χ1) is 9.53. The molecule has 7 heteroatoms. The van der Waals surface area contributed by atoms with Gasteiger partial charge in [0.25, 0.3) is 0 Å². The van der Waals surface area contributed by atoms with Crippen molar-refractivity contribution in [2.75, 3.05) is 0 Å². The summed E-state index contributed by atoms with van der Waals surface area (Å²) in [6.07, 6.45) is 3.39. The van der Waals surface area contributed by atoms with Gasteiger partial charge in [-0.2, -0.15) is 10.4 Å². The molecule has 0 radical (unpaired) electrons. The van der Waals surface area contributed by atoms with Gasteiger partial charge in [0.1, 0.15) is 6.07 Å². The van der Waals surface area contributed by atoms with Gasteiger partial charge in [-0.1, -0.05) is 12.1 Å². The zero-order valence-corrected chi connectivity index (χ0v) is 11.7. The van der Waals surface area contributed by atoms with Crippen LogP contribution < -0.4 is 4.72 Å². The summed E-state index contributed by atoms with van der Waals surface area (Å²) in [7, 11) is -3.72. The van der Waals surface area contributed by atoms with E-state index in [1.165, 1.54) is 12.1 Å². The van der Waals surface area contributed by atoms with E-state index in [1.54, 1.807) is 42.2 Å². The van der Waals surface area contributed by atoms with Crippen molar-refractivity contribution in [3.63, 3.8) is 0 Å². The minimum Gasteiger partial charge on any atom is -0.271 e. The Morgan fingerprint density at radius 1 is 1.40 bits per heavy atom. The molecule has 1 atom stereocenters. The Hall–Kier alpha value is -2.17. The van der Waals surface area contributed by atoms with Crippen LogP contribution in [0, 0.1) is 11.3 Å². The molecule has 0 saturated carbocycles. The highest BCUT2D eigenvalue weighted by atomic mass is 32.2. The topological polar surface area (TPSA) is 87.8 Å². The zero-order valence-electron chi connectivity index (χ0n) is 10.9. The molecule has 1 heterocycles. The maximum absolute atomic E-state index is 12.3. The third kappa shape index (κ3) is 3.23. The summed E-state index contributed by atoms with van der Waals surface area (Å²) in [5, 5.41) is 13.0. The van der Waals surface area contributed by atoms with Crippen molar-refractivity contribution < 1.29 is 8.42 Å². The smallest absolute Gasteiger partial charge is 0.242 e. The van der Waals surface area contributed by atoms with Crippen LogP contribution in [-0.4, -0.2) is 24.2 Å². The van der Waals surface area contributed by atoms with E-state index >= 15 is 0 Å². The van der Waals surface area contributed by atoms with Crippen molar-refractivity contribution in [3.8, 4) is 6.07 Å². The first kappa shape index (κ1) is 14.2. The molecule has 2 aromatic rings. The van der Waals surface area contributed by atoms with Gasteiger partial charge in [-0.15, -0.1) is 0 Å². The molecule has 0 saturated heterocycles. The molecule has 0 spiro atoms. The van der Waals surface area contributed by atoms with E-state index in [1.807, 2.05) is 6.07 Å². The largest absolute Gasteiger partial charge is 0.271 e. The third-order valence-electron chi connectivity index (χ3n) is 2.67. The number of hydrogen-bond donors (Lipinski definition) is 1. The van der Waals surface area contributed by atoms with E-state index in [4.69, 9.17) is 5.26 Å². The number of rotatable bonds is 5. The van der Waals surface area contributed by atoms with Crippen LogP contribution in [0.1, 0.15) is 12.5 Å². The summed E-state index contributed by atoms with van der Waals surface area (Å²) in [6, 6.07) is 9.43. The molecule has 1 N–H and O–H groups in total. The Kier molecular flexibility index (Phi) is 4.17. The molecule has 1 aromatic heterocycles. The second-order valence-corrected chi connectivity index (χ2v) is 6.04. The number of nitrogens with one attached hydrogen (secondary N) is 1. The SMILES string of the molecule is CC(Cn1cccn1)NS(=O)(=O)c1ccccc1C#N. The van der Waals surface area contributed by atoms with Gasteiger partial charge in [-0.05, 0) is 25.1 Å². The minimum atomic E-state index is -3.72. The van der Waals surface area contributed by atoms with Gasteiger partial charge in [-0.25, -0.2) is 13.1 Å². The van der Waals surface area contributed by atoms with E-state index in [0.29, 0.717) is 6.54 Å². The Balaban J connectivity index is 2.17. The van der Waals surface area contributed by atoms with Gasteiger partial charge in [-0.3, -0.25) is 4.68 Å². The molecule has 0 aliphatic carbocycles. The van der Waals surface area contributed by atoms with E-state index in [2.05, 4.69) is 9.82 Å². The average Bonchev–Trinajstić information content (AvgIpc) is 2.90. The first-order valence-corrected chi connectivity index (χ1v) is 7.50. The van der Waals surface area contributed by atoms with Crippen molar-refractivity contribution in [2.24, 2.45) is 0 Å². The van der Waals surface area contributed by atoms with Crippen molar-refractivity contribution in [1.82, 2.24) is 14.5 Å². The number of aromatic nitrogens is 2. The van der Waals surface area contributed by atoms with E-state index in [9.17, 15) is 8.42 Å². The summed E-state index contributed by atoms with van der Waals surface area (Å²) in [5.74, 6) is 0. The fourth-order valence-corrected chi connectivity index (χ4v) is 3.24. The molecule has 0 fully saturated rings. The number of nitrogens with zero attached hydrogens (tertiary/aromatic N) is 3. The lowest BCUT2D eigenvalue weighted by molar-refractivity contribution is 0.494. The Morgan fingerprint density at radius 3 is 2.80 bits per heavy atom. The summed E-state index contributed by atoms with van der Waals surface area (Å²) >= 11 is 0. The highest BCUT2D eigenvalue weighted by Gasteiger charge is 2.20. The summed E-state index contributed by atoms with van der Waals surface area (Å²) in [5.41, 5.74) is 0.131. The summed E-state index contributed by atoms with van der Waals surface area (Å²) in [4.78, 5) is -0.00480. The average molecular weight is 290 g/mol. The van der Waals surface area contributed by atoms with Crippen molar-refractivity contribution in [2.45, 2.75) is 24.4 Å². The van der Waals surface area contributed by atoms with Crippen LogP contribution in [-0.2, 0) is 16.6 Å². The number of sulfonamides is 1. The van der Waals surface area contributed by atoms with Gasteiger partial charge in [0.15, 0.2) is 0 Å². The van der Waals surface area contributed by atoms with Crippen LogP contribution in [0.15, 0.2) is 47.6 Å². The zero-order chi connectivity index (χ0) is 14.6. The molecule has 6 nitrogen and oxygen atoms in total. The quantitative estimate of drug-likeness (QED) is 0.894. The second-order valence-electron chi connectivity index (χ2n) is 4.36. The monoisotopic (exact) mass is 290 g/mol. The van der Waals surface area contributed by atoms with Crippen LogP contribution in [0.4, 0.5) is 0 Å². The molecule has 1 unspecified atom stereocenters. The fraction of sp³-hybridized carbons (Fsp3) is 0.231. The molecule has 0 aliphatic heterocycles. The minimum absolute atomic E-state index is 0.00480. The Labute approximate surface area is 117 Å². The third-order valence-corrected chi connectivity index (χ3v) is 4.32. The van der Waals surface area contributed by atoms with E-state index in [0.717, 1.165) is 0 Å². The van der Waals surface area contributed by atoms with Crippen LogP contribution in [0.5, 0.6) is 0 Å². The van der Waals surface area contributed by atoms with Gasteiger partial charge in [0.05, 0.1) is 17.0 Å². The lowest BCUT2D eigenvalue weighted by atomic mass is 10.2. The number of hydrogen-bond acceptors (Lipinski definition) is 4. The van der Waals surface area contributed by atoms with Crippen molar-refractivity contribution >= 4 is 10.0 Å². The molecule has 20 heavy (non-hydrogen) atoms. The van der Waals surface area contributed by atoms with Gasteiger partial charge in [0, 0.05) is 18.4 Å². The molecular weight excluding hydrogens is 276 g/mol. The molecule has 104 valence electrons. The van der Waals surface area contributed by atoms with Gasteiger partial charge >= 0.3 is 0 Å². The predicted molar refractivity (Wildman–Crippen MR) is 73.2 cm³/mol. The van der Waals surface area contributed by atoms with Crippen molar-refractivity contribution in [1.29, 1.82) is 5.26 Å². The highest BCUT2D eigenvalue weighted by molar-refractivity contribution is 7.89. The lowest BCUT2D eigenvalue weighted by Crippen LogP contribution is -2.36. The molecular formula is C13H14N4O2S. The fourth-order valence-electron chi connectivity index (χ4n) is 1.85. The van der Waals surface area contributed by atoms with Gasteiger partial charge < -0.3 is 0 Å². The molecule has 0 bridgehead atoms. The van der Waals surface area contributed by atoms with Crippen LogP contribution in [0.25, 0.3) is 0 Å². The molecule has 0 aliphatic rings. The lowest BCUT2D eigenvalue weighted by Gasteiger charge is -2.14. The second kappa shape index (κ2) is 5.86. The molecule has 0 amide bonds. The normalized spacial score (nSPS) is 12.8. The van der Waals surface area contributed by atoms with Gasteiger partial charge in [0.2, 0.25) is 10.0 Å².